The number of aliphatic hydroxyl groups excluding tert-OH is 1. The van der Waals surface area contributed by atoms with Gasteiger partial charge in [-0.2, -0.15) is 13.2 Å². The fraction of sp³-hybridized carbons (Fsp3) is 0.643. The summed E-state index contributed by atoms with van der Waals surface area (Å²) in [6, 6.07) is 3.84. The maximum Gasteiger partial charge on any atom is 0.433 e. The molecule has 1 unspecified atom stereocenters. The van der Waals surface area contributed by atoms with Crippen LogP contribution >= 0.6 is 0 Å². The van der Waals surface area contributed by atoms with Crippen LogP contribution < -0.4 is 5.32 Å². The van der Waals surface area contributed by atoms with Crippen molar-refractivity contribution in [2.75, 3.05) is 38.1 Å². The van der Waals surface area contributed by atoms with Gasteiger partial charge >= 0.3 is 6.18 Å². The third-order valence-corrected chi connectivity index (χ3v) is 3.63. The zero-order chi connectivity index (χ0) is 15.3. The first-order valence-corrected chi connectivity index (χ1v) is 7.10. The van der Waals surface area contributed by atoms with Gasteiger partial charge in [-0.15, -0.1) is 0 Å². The number of piperidine rings is 1. The van der Waals surface area contributed by atoms with E-state index in [0.29, 0.717) is 12.5 Å². The fourth-order valence-corrected chi connectivity index (χ4v) is 2.54. The van der Waals surface area contributed by atoms with Crippen molar-refractivity contribution in [2.45, 2.75) is 19.0 Å². The number of nitrogens with one attached hydrogen (secondary N) is 1. The van der Waals surface area contributed by atoms with Gasteiger partial charge in [-0.25, -0.2) is 4.98 Å². The number of aliphatic hydroxyl groups is 1. The van der Waals surface area contributed by atoms with E-state index in [-0.39, 0.29) is 12.4 Å². The van der Waals surface area contributed by atoms with E-state index in [1.54, 1.807) is 0 Å². The molecule has 2 rings (SSSR count). The Bertz CT molecular complexity index is 453. The lowest BCUT2D eigenvalue weighted by Crippen LogP contribution is -2.39. The molecule has 21 heavy (non-hydrogen) atoms. The smallest absolute Gasteiger partial charge is 0.396 e. The first kappa shape index (κ1) is 16.0. The summed E-state index contributed by atoms with van der Waals surface area (Å²) in [7, 11) is 0. The highest BCUT2D eigenvalue weighted by atomic mass is 19.4. The maximum absolute atomic E-state index is 12.5. The lowest BCUT2D eigenvalue weighted by molar-refractivity contribution is -0.141. The molecule has 0 spiro atoms. The van der Waals surface area contributed by atoms with Crippen LogP contribution in [0.2, 0.25) is 0 Å². The quantitative estimate of drug-likeness (QED) is 0.875. The van der Waals surface area contributed by atoms with E-state index < -0.39 is 11.9 Å². The molecular formula is C14H20F3N3O. The number of halogens is 3. The molecule has 0 aliphatic carbocycles. The van der Waals surface area contributed by atoms with E-state index in [9.17, 15) is 13.2 Å². The Hall–Kier alpha value is -1.34. The van der Waals surface area contributed by atoms with Crippen molar-refractivity contribution in [2.24, 2.45) is 5.92 Å². The van der Waals surface area contributed by atoms with Gasteiger partial charge in [-0.1, -0.05) is 6.07 Å². The number of anilines is 1. The minimum Gasteiger partial charge on any atom is -0.396 e. The second-order valence-electron chi connectivity index (χ2n) is 5.32. The molecule has 0 radical (unpaired) electrons. The molecule has 0 aromatic carbocycles. The fourth-order valence-electron chi connectivity index (χ4n) is 2.54. The van der Waals surface area contributed by atoms with Crippen LogP contribution in [0.4, 0.5) is 19.0 Å². The van der Waals surface area contributed by atoms with Gasteiger partial charge in [-0.05, 0) is 37.4 Å². The van der Waals surface area contributed by atoms with Gasteiger partial charge in [0, 0.05) is 26.2 Å². The van der Waals surface area contributed by atoms with Crippen molar-refractivity contribution in [3.05, 3.63) is 23.9 Å². The highest BCUT2D eigenvalue weighted by Crippen LogP contribution is 2.28. The zero-order valence-electron chi connectivity index (χ0n) is 11.7. The number of hydrogen-bond donors (Lipinski definition) is 2. The number of alkyl halides is 3. The Labute approximate surface area is 122 Å². The predicted molar refractivity (Wildman–Crippen MR) is 74.0 cm³/mol. The zero-order valence-corrected chi connectivity index (χ0v) is 11.7. The van der Waals surface area contributed by atoms with Gasteiger partial charge in [-0.3, -0.25) is 0 Å². The normalized spacial score (nSPS) is 20.5. The van der Waals surface area contributed by atoms with Crippen LogP contribution in [0.25, 0.3) is 0 Å². The third kappa shape index (κ3) is 4.86. The molecular weight excluding hydrogens is 283 g/mol. The molecule has 1 aliphatic rings. The van der Waals surface area contributed by atoms with E-state index in [1.165, 1.54) is 12.1 Å². The highest BCUT2D eigenvalue weighted by molar-refractivity contribution is 5.35. The van der Waals surface area contributed by atoms with E-state index in [4.69, 9.17) is 5.11 Å². The molecule has 1 aliphatic heterocycles. The van der Waals surface area contributed by atoms with Crippen LogP contribution in [0.5, 0.6) is 0 Å². The van der Waals surface area contributed by atoms with Gasteiger partial charge < -0.3 is 15.3 Å². The van der Waals surface area contributed by atoms with Crippen molar-refractivity contribution < 1.29 is 18.3 Å². The number of hydrogen-bond acceptors (Lipinski definition) is 4. The molecule has 2 heterocycles. The van der Waals surface area contributed by atoms with E-state index in [2.05, 4.69) is 15.2 Å². The second kappa shape index (κ2) is 7.09. The van der Waals surface area contributed by atoms with E-state index >= 15 is 0 Å². The van der Waals surface area contributed by atoms with Gasteiger partial charge in [0.2, 0.25) is 0 Å². The molecule has 1 saturated heterocycles. The molecule has 1 fully saturated rings. The summed E-state index contributed by atoms with van der Waals surface area (Å²) in [6.45, 7) is 3.27. The summed E-state index contributed by atoms with van der Waals surface area (Å²) in [5.74, 6) is 0.547. The topological polar surface area (TPSA) is 48.4 Å². The van der Waals surface area contributed by atoms with Gasteiger partial charge in [0.15, 0.2) is 0 Å². The molecule has 2 N–H and O–H groups in total. The number of nitrogens with zero attached hydrogens (tertiary/aromatic N) is 2. The Morgan fingerprint density at radius 1 is 1.38 bits per heavy atom. The van der Waals surface area contributed by atoms with Crippen molar-refractivity contribution in [3.63, 3.8) is 0 Å². The van der Waals surface area contributed by atoms with Crippen LogP contribution in [-0.4, -0.2) is 47.8 Å². The molecule has 118 valence electrons. The SMILES string of the molecule is OCC1CCCN(CCNc2cccc(C(F)(F)F)n2)C1. The molecule has 4 nitrogen and oxygen atoms in total. The molecule has 1 atom stereocenters. The highest BCUT2D eigenvalue weighted by Gasteiger charge is 2.32. The molecule has 7 heteroatoms. The van der Waals surface area contributed by atoms with E-state index in [0.717, 1.165) is 38.5 Å². The van der Waals surface area contributed by atoms with Crippen molar-refractivity contribution in [1.29, 1.82) is 0 Å². The molecule has 0 bridgehead atoms. The van der Waals surface area contributed by atoms with Crippen molar-refractivity contribution in [1.82, 2.24) is 9.88 Å². The average Bonchev–Trinajstić information content (AvgIpc) is 2.47. The maximum atomic E-state index is 12.5. The van der Waals surface area contributed by atoms with E-state index in [1.807, 2.05) is 0 Å². The number of aromatic nitrogens is 1. The largest absolute Gasteiger partial charge is 0.433 e. The number of likely N-dealkylation sites (tertiary alicyclic amines) is 1. The lowest BCUT2D eigenvalue weighted by Gasteiger charge is -2.31. The summed E-state index contributed by atoms with van der Waals surface area (Å²) < 4.78 is 37.6. The Balaban J connectivity index is 1.81. The molecule has 1 aromatic rings. The minimum atomic E-state index is -4.42. The van der Waals surface area contributed by atoms with Crippen LogP contribution in [0.1, 0.15) is 18.5 Å². The van der Waals surface area contributed by atoms with Crippen LogP contribution in [0, 0.1) is 5.92 Å². The van der Waals surface area contributed by atoms with Crippen molar-refractivity contribution in [3.8, 4) is 0 Å². The van der Waals surface area contributed by atoms with Crippen LogP contribution in [0.15, 0.2) is 18.2 Å². The van der Waals surface area contributed by atoms with Gasteiger partial charge in [0.25, 0.3) is 0 Å². The van der Waals surface area contributed by atoms with Crippen LogP contribution in [0.3, 0.4) is 0 Å². The molecule has 0 amide bonds. The van der Waals surface area contributed by atoms with Gasteiger partial charge in [0.1, 0.15) is 11.5 Å². The summed E-state index contributed by atoms with van der Waals surface area (Å²) in [4.78, 5) is 5.78. The summed E-state index contributed by atoms with van der Waals surface area (Å²) in [5, 5.41) is 12.1. The average molecular weight is 303 g/mol. The summed E-state index contributed by atoms with van der Waals surface area (Å²) in [5.41, 5.74) is -0.884. The summed E-state index contributed by atoms with van der Waals surface area (Å²) >= 11 is 0. The van der Waals surface area contributed by atoms with Crippen LogP contribution in [-0.2, 0) is 6.18 Å². The van der Waals surface area contributed by atoms with Crippen molar-refractivity contribution >= 4 is 5.82 Å². The summed E-state index contributed by atoms with van der Waals surface area (Å²) in [6.07, 6.45) is -2.33. The monoisotopic (exact) mass is 303 g/mol. The molecule has 1 aromatic heterocycles. The first-order chi connectivity index (χ1) is 9.99. The number of rotatable bonds is 5. The first-order valence-electron chi connectivity index (χ1n) is 7.10. The Kier molecular flexibility index (Phi) is 5.41. The third-order valence-electron chi connectivity index (χ3n) is 3.63. The Morgan fingerprint density at radius 2 is 2.19 bits per heavy atom. The van der Waals surface area contributed by atoms with Gasteiger partial charge in [0.05, 0.1) is 0 Å². The predicted octanol–water partition coefficient (Wildman–Crippen LogP) is 2.22. The molecule has 0 saturated carbocycles. The standard InChI is InChI=1S/C14H20F3N3O/c15-14(16,17)12-4-1-5-13(19-12)18-6-8-20-7-2-3-11(9-20)10-21/h1,4-5,11,21H,2-3,6-10H2,(H,18,19). The minimum absolute atomic E-state index is 0.194. The number of pyridine rings is 1. The lowest BCUT2D eigenvalue weighted by atomic mass is 9.99. The second-order valence-corrected chi connectivity index (χ2v) is 5.32. The Morgan fingerprint density at radius 3 is 2.90 bits per heavy atom.